The van der Waals surface area contributed by atoms with E-state index in [-0.39, 0.29) is 23.2 Å². The first-order chi connectivity index (χ1) is 14.0. The Morgan fingerprint density at radius 2 is 2.00 bits per heavy atom. The molecule has 29 heavy (non-hydrogen) atoms. The Bertz CT molecular complexity index is 1160. The number of carbonyl (C=O) groups excluding carboxylic acids is 1. The fraction of sp³-hybridized carbons (Fsp3) is 0.250. The lowest BCUT2D eigenvalue weighted by molar-refractivity contribution is 0.101. The van der Waals surface area contributed by atoms with Gasteiger partial charge in [0.15, 0.2) is 5.82 Å². The molecular weight excluding hydrogens is 373 g/mol. The molecule has 4 aromatic rings. The SMILES string of the molecule is CCCCn1nc(NC(=O)c2cc(-c3ccc(F)cc3)nc3ncnn23)cc1C. The second-order valence-electron chi connectivity index (χ2n) is 6.71. The molecule has 1 amide bonds. The van der Waals surface area contributed by atoms with Crippen LogP contribution in [0.25, 0.3) is 17.0 Å². The Morgan fingerprint density at radius 3 is 2.76 bits per heavy atom. The number of carbonyl (C=O) groups is 1. The average molecular weight is 393 g/mol. The standard InChI is InChI=1S/C20H20FN7O/c1-3-4-9-27-13(2)10-18(26-27)25-19(29)17-11-16(14-5-7-15(21)8-6-14)24-20-22-12-23-28(17)20/h5-8,10-12H,3-4,9H2,1-2H3,(H,25,26,29). The van der Waals surface area contributed by atoms with Gasteiger partial charge < -0.3 is 5.32 Å². The number of benzene rings is 1. The van der Waals surface area contributed by atoms with E-state index in [0.29, 0.717) is 17.1 Å². The first kappa shape index (κ1) is 18.7. The van der Waals surface area contributed by atoms with Gasteiger partial charge in [0.25, 0.3) is 11.7 Å². The van der Waals surface area contributed by atoms with Gasteiger partial charge in [-0.25, -0.2) is 9.37 Å². The fourth-order valence-corrected chi connectivity index (χ4v) is 3.03. The number of rotatable bonds is 6. The molecule has 0 atom stereocenters. The summed E-state index contributed by atoms with van der Waals surface area (Å²) < 4.78 is 16.5. The van der Waals surface area contributed by atoms with E-state index in [4.69, 9.17) is 0 Å². The lowest BCUT2D eigenvalue weighted by atomic mass is 10.1. The van der Waals surface area contributed by atoms with Gasteiger partial charge in [0.05, 0.1) is 5.69 Å². The predicted octanol–water partition coefficient (Wildman–Crippen LogP) is 3.49. The van der Waals surface area contributed by atoms with Crippen LogP contribution in [0, 0.1) is 12.7 Å². The average Bonchev–Trinajstić information content (AvgIpc) is 3.32. The number of amides is 1. The highest BCUT2D eigenvalue weighted by atomic mass is 19.1. The van der Waals surface area contributed by atoms with Crippen LogP contribution in [-0.2, 0) is 6.54 Å². The van der Waals surface area contributed by atoms with E-state index < -0.39 is 0 Å². The summed E-state index contributed by atoms with van der Waals surface area (Å²) in [5.74, 6) is 0.0225. The van der Waals surface area contributed by atoms with Crippen molar-refractivity contribution in [2.45, 2.75) is 33.2 Å². The Hall–Kier alpha value is -3.62. The van der Waals surface area contributed by atoms with Crippen LogP contribution in [-0.4, -0.2) is 35.3 Å². The van der Waals surface area contributed by atoms with E-state index in [1.165, 1.54) is 23.0 Å². The monoisotopic (exact) mass is 393 g/mol. The summed E-state index contributed by atoms with van der Waals surface area (Å²) >= 11 is 0. The zero-order chi connectivity index (χ0) is 20.4. The highest BCUT2D eigenvalue weighted by Crippen LogP contribution is 2.20. The van der Waals surface area contributed by atoms with Gasteiger partial charge in [0, 0.05) is 23.9 Å². The molecule has 0 radical (unpaired) electrons. The van der Waals surface area contributed by atoms with Crippen LogP contribution in [0.3, 0.4) is 0 Å². The van der Waals surface area contributed by atoms with Gasteiger partial charge in [0.1, 0.15) is 17.8 Å². The highest BCUT2D eigenvalue weighted by molar-refractivity contribution is 6.03. The molecule has 4 rings (SSSR count). The van der Waals surface area contributed by atoms with Crippen LogP contribution in [0.4, 0.5) is 10.2 Å². The molecule has 0 saturated carbocycles. The summed E-state index contributed by atoms with van der Waals surface area (Å²) in [7, 11) is 0. The number of hydrogen-bond donors (Lipinski definition) is 1. The number of halogens is 1. The first-order valence-corrected chi connectivity index (χ1v) is 9.37. The minimum Gasteiger partial charge on any atom is -0.304 e. The van der Waals surface area contributed by atoms with E-state index in [9.17, 15) is 9.18 Å². The number of unbranched alkanes of at least 4 members (excludes halogenated alkanes) is 1. The van der Waals surface area contributed by atoms with Crippen LogP contribution in [0.5, 0.6) is 0 Å². The second kappa shape index (κ2) is 7.78. The summed E-state index contributed by atoms with van der Waals surface area (Å²) in [5, 5.41) is 11.4. The zero-order valence-electron chi connectivity index (χ0n) is 16.1. The van der Waals surface area contributed by atoms with Gasteiger partial charge in [-0.2, -0.15) is 19.7 Å². The maximum absolute atomic E-state index is 13.2. The van der Waals surface area contributed by atoms with E-state index in [0.717, 1.165) is 25.1 Å². The molecule has 3 heterocycles. The third kappa shape index (κ3) is 3.84. The minimum absolute atomic E-state index is 0.257. The van der Waals surface area contributed by atoms with Crippen molar-refractivity contribution in [3.63, 3.8) is 0 Å². The molecule has 9 heteroatoms. The summed E-state index contributed by atoms with van der Waals surface area (Å²) in [6.07, 6.45) is 3.41. The molecule has 8 nitrogen and oxygen atoms in total. The Morgan fingerprint density at radius 1 is 1.21 bits per heavy atom. The van der Waals surface area contributed by atoms with Gasteiger partial charge in [-0.3, -0.25) is 9.48 Å². The molecule has 1 aromatic carbocycles. The summed E-state index contributed by atoms with van der Waals surface area (Å²) in [5.41, 5.74) is 2.40. The third-order valence-corrected chi connectivity index (χ3v) is 4.57. The molecule has 148 valence electrons. The van der Waals surface area contributed by atoms with Crippen LogP contribution < -0.4 is 5.32 Å². The van der Waals surface area contributed by atoms with E-state index in [1.807, 2.05) is 17.7 Å². The molecule has 0 bridgehead atoms. The fourth-order valence-electron chi connectivity index (χ4n) is 3.03. The Balaban J connectivity index is 1.67. The van der Waals surface area contributed by atoms with Crippen molar-refractivity contribution in [2.24, 2.45) is 0 Å². The van der Waals surface area contributed by atoms with E-state index in [2.05, 4.69) is 32.4 Å². The maximum atomic E-state index is 13.2. The number of nitrogens with one attached hydrogen (secondary N) is 1. The van der Waals surface area contributed by atoms with Gasteiger partial charge in [-0.05, 0) is 43.7 Å². The normalized spacial score (nSPS) is 11.1. The Kier molecular flexibility index (Phi) is 5.03. The molecule has 1 N–H and O–H groups in total. The van der Waals surface area contributed by atoms with Crippen molar-refractivity contribution < 1.29 is 9.18 Å². The zero-order valence-corrected chi connectivity index (χ0v) is 16.1. The van der Waals surface area contributed by atoms with Gasteiger partial charge in [-0.1, -0.05) is 13.3 Å². The number of aromatic nitrogens is 6. The van der Waals surface area contributed by atoms with Crippen molar-refractivity contribution in [2.75, 3.05) is 5.32 Å². The maximum Gasteiger partial charge on any atom is 0.275 e. The second-order valence-corrected chi connectivity index (χ2v) is 6.71. The number of anilines is 1. The van der Waals surface area contributed by atoms with Crippen molar-refractivity contribution >= 4 is 17.5 Å². The van der Waals surface area contributed by atoms with Crippen LogP contribution >= 0.6 is 0 Å². The topological polar surface area (TPSA) is 90.0 Å². The molecule has 0 aliphatic heterocycles. The molecule has 0 fully saturated rings. The number of fused-ring (bicyclic) bond motifs is 1. The minimum atomic E-state index is -0.383. The molecule has 0 spiro atoms. The van der Waals surface area contributed by atoms with Crippen molar-refractivity contribution in [1.29, 1.82) is 0 Å². The van der Waals surface area contributed by atoms with Gasteiger partial charge >= 0.3 is 0 Å². The van der Waals surface area contributed by atoms with Crippen molar-refractivity contribution in [3.8, 4) is 11.3 Å². The van der Waals surface area contributed by atoms with E-state index >= 15 is 0 Å². The van der Waals surface area contributed by atoms with Gasteiger partial charge in [-0.15, -0.1) is 0 Å². The molecule has 0 saturated heterocycles. The quantitative estimate of drug-likeness (QED) is 0.542. The largest absolute Gasteiger partial charge is 0.304 e. The van der Waals surface area contributed by atoms with Crippen LogP contribution in [0.2, 0.25) is 0 Å². The summed E-state index contributed by atoms with van der Waals surface area (Å²) in [6, 6.07) is 9.32. The lowest BCUT2D eigenvalue weighted by Gasteiger charge is -2.07. The van der Waals surface area contributed by atoms with Crippen LogP contribution in [0.1, 0.15) is 35.9 Å². The number of aryl methyl sites for hydroxylation is 2. The summed E-state index contributed by atoms with van der Waals surface area (Å²) in [4.78, 5) is 21.5. The van der Waals surface area contributed by atoms with Gasteiger partial charge in [0.2, 0.25) is 0 Å². The number of hydrogen-bond acceptors (Lipinski definition) is 5. The predicted molar refractivity (Wildman–Crippen MR) is 106 cm³/mol. The first-order valence-electron chi connectivity index (χ1n) is 9.37. The Labute approximate surface area is 166 Å². The van der Waals surface area contributed by atoms with Crippen LogP contribution in [0.15, 0.2) is 42.7 Å². The molecule has 3 aromatic heterocycles. The highest BCUT2D eigenvalue weighted by Gasteiger charge is 2.17. The summed E-state index contributed by atoms with van der Waals surface area (Å²) in [6.45, 7) is 4.87. The third-order valence-electron chi connectivity index (χ3n) is 4.57. The molecule has 0 unspecified atom stereocenters. The molecular formula is C20H20FN7O. The number of nitrogens with zero attached hydrogens (tertiary/aromatic N) is 6. The molecule has 0 aliphatic rings. The molecule has 0 aliphatic carbocycles. The van der Waals surface area contributed by atoms with Crippen molar-refractivity contribution in [3.05, 3.63) is 59.9 Å². The lowest BCUT2D eigenvalue weighted by Crippen LogP contribution is -2.18. The van der Waals surface area contributed by atoms with Crippen molar-refractivity contribution in [1.82, 2.24) is 29.4 Å². The van der Waals surface area contributed by atoms with E-state index in [1.54, 1.807) is 18.2 Å². The smallest absolute Gasteiger partial charge is 0.275 e.